The summed E-state index contributed by atoms with van der Waals surface area (Å²) in [5.74, 6) is -0.0609. The minimum atomic E-state index is -0.364. The number of aryl methyl sites for hydroxylation is 1. The lowest BCUT2D eigenvalue weighted by molar-refractivity contribution is -0.182. The molecule has 0 radical (unpaired) electrons. The van der Waals surface area contributed by atoms with Crippen molar-refractivity contribution in [1.82, 2.24) is 5.32 Å². The van der Waals surface area contributed by atoms with Crippen LogP contribution in [0.3, 0.4) is 0 Å². The van der Waals surface area contributed by atoms with E-state index in [1.54, 1.807) is 29.5 Å². The molecule has 0 unspecified atom stereocenters. The smallest absolute Gasteiger partial charge is 0.251 e. The molecule has 31 heavy (non-hydrogen) atoms. The van der Waals surface area contributed by atoms with Crippen LogP contribution in [-0.2, 0) is 20.7 Å². The highest BCUT2D eigenvalue weighted by Gasteiger charge is 2.40. The molecule has 1 aromatic heterocycles. The van der Waals surface area contributed by atoms with Gasteiger partial charge in [0.05, 0.1) is 13.2 Å². The van der Waals surface area contributed by atoms with Crippen molar-refractivity contribution < 1.29 is 19.1 Å². The fourth-order valence-corrected chi connectivity index (χ4v) is 5.04. The quantitative estimate of drug-likeness (QED) is 0.636. The van der Waals surface area contributed by atoms with E-state index in [0.717, 1.165) is 38.5 Å². The van der Waals surface area contributed by atoms with Crippen LogP contribution >= 0.6 is 11.3 Å². The van der Waals surface area contributed by atoms with Gasteiger partial charge < -0.3 is 20.1 Å². The average molecular weight is 443 g/mol. The second kappa shape index (κ2) is 10.4. The molecule has 2 aliphatic rings. The van der Waals surface area contributed by atoms with Crippen LogP contribution in [0.4, 0.5) is 5.69 Å². The Morgan fingerprint density at radius 1 is 1.10 bits per heavy atom. The van der Waals surface area contributed by atoms with Gasteiger partial charge in [0.1, 0.15) is 0 Å². The highest BCUT2D eigenvalue weighted by Crippen LogP contribution is 2.38. The summed E-state index contributed by atoms with van der Waals surface area (Å²) in [6.45, 7) is 2.01. The van der Waals surface area contributed by atoms with Crippen LogP contribution in [0.1, 0.15) is 53.8 Å². The molecule has 1 saturated heterocycles. The molecule has 0 atom stereocenters. The topological polar surface area (TPSA) is 76.7 Å². The Balaban J connectivity index is 1.20. The number of carbonyl (C=O) groups is 2. The highest BCUT2D eigenvalue weighted by atomic mass is 32.1. The Kier molecular flexibility index (Phi) is 7.37. The van der Waals surface area contributed by atoms with Crippen molar-refractivity contribution in [3.8, 4) is 0 Å². The number of thiophene rings is 1. The molecule has 0 bridgehead atoms. The van der Waals surface area contributed by atoms with Gasteiger partial charge in [0, 0.05) is 41.9 Å². The fourth-order valence-electron chi connectivity index (χ4n) is 4.29. The summed E-state index contributed by atoms with van der Waals surface area (Å²) in [5, 5.41) is 8.00. The molecular weight excluding hydrogens is 412 g/mol. The predicted molar refractivity (Wildman–Crippen MR) is 121 cm³/mol. The van der Waals surface area contributed by atoms with E-state index in [0.29, 0.717) is 43.3 Å². The van der Waals surface area contributed by atoms with E-state index in [2.05, 4.69) is 22.1 Å². The maximum absolute atomic E-state index is 12.6. The van der Waals surface area contributed by atoms with Crippen LogP contribution in [0.2, 0.25) is 0 Å². The van der Waals surface area contributed by atoms with Gasteiger partial charge in [-0.15, -0.1) is 11.3 Å². The van der Waals surface area contributed by atoms with Crippen molar-refractivity contribution in [2.75, 3.05) is 25.1 Å². The molecule has 1 aliphatic carbocycles. The molecule has 2 heterocycles. The lowest BCUT2D eigenvalue weighted by atomic mass is 9.85. The Hall–Kier alpha value is -2.22. The van der Waals surface area contributed by atoms with Crippen LogP contribution in [0.15, 0.2) is 41.8 Å². The van der Waals surface area contributed by atoms with E-state index in [-0.39, 0.29) is 17.6 Å². The molecule has 1 saturated carbocycles. The minimum Gasteiger partial charge on any atom is -0.352 e. The molecule has 4 rings (SSSR count). The van der Waals surface area contributed by atoms with Crippen molar-refractivity contribution in [3.63, 3.8) is 0 Å². The van der Waals surface area contributed by atoms with Crippen molar-refractivity contribution in [2.45, 2.75) is 50.7 Å². The standard InChI is InChI=1S/C24H30N2O4S/c27-22(8-2-6-21-7-3-15-31-21)26-20-5-1-4-19(16-20)23(28)25-17-18-9-11-24(12-10-18)29-13-14-30-24/h1,3-5,7,15-16,18H,2,6,8-14,17H2,(H,25,28)(H,26,27). The van der Waals surface area contributed by atoms with Gasteiger partial charge >= 0.3 is 0 Å². The fraction of sp³-hybridized carbons (Fsp3) is 0.500. The summed E-state index contributed by atoms with van der Waals surface area (Å²) < 4.78 is 11.5. The summed E-state index contributed by atoms with van der Waals surface area (Å²) in [5.41, 5.74) is 1.22. The Bertz CT molecular complexity index is 867. The molecule has 2 fully saturated rings. The number of hydrogen-bond donors (Lipinski definition) is 2. The molecule has 1 spiro atoms. The largest absolute Gasteiger partial charge is 0.352 e. The molecule has 6 nitrogen and oxygen atoms in total. The van der Waals surface area contributed by atoms with Gasteiger partial charge in [0.25, 0.3) is 5.91 Å². The Morgan fingerprint density at radius 3 is 2.65 bits per heavy atom. The van der Waals surface area contributed by atoms with E-state index < -0.39 is 0 Å². The summed E-state index contributed by atoms with van der Waals surface area (Å²) in [7, 11) is 0. The zero-order valence-corrected chi connectivity index (χ0v) is 18.5. The van der Waals surface area contributed by atoms with Gasteiger partial charge in [-0.1, -0.05) is 12.1 Å². The van der Waals surface area contributed by atoms with E-state index in [1.807, 2.05) is 12.1 Å². The third kappa shape index (κ3) is 6.15. The van der Waals surface area contributed by atoms with Crippen molar-refractivity contribution in [2.24, 2.45) is 5.92 Å². The van der Waals surface area contributed by atoms with Gasteiger partial charge in [0.2, 0.25) is 5.91 Å². The summed E-state index contributed by atoms with van der Waals surface area (Å²) in [6, 6.07) is 11.2. The molecule has 2 amide bonds. The van der Waals surface area contributed by atoms with E-state index in [9.17, 15) is 9.59 Å². The normalized spacial score (nSPS) is 18.2. The number of rotatable bonds is 8. The number of hydrogen-bond acceptors (Lipinski definition) is 5. The van der Waals surface area contributed by atoms with Gasteiger partial charge in [-0.05, 0) is 61.2 Å². The average Bonchev–Trinajstić information content (AvgIpc) is 3.46. The third-order valence-electron chi connectivity index (χ3n) is 6.05. The van der Waals surface area contributed by atoms with Gasteiger partial charge in [-0.2, -0.15) is 0 Å². The monoisotopic (exact) mass is 442 g/mol. The number of nitrogens with one attached hydrogen (secondary N) is 2. The van der Waals surface area contributed by atoms with E-state index in [1.165, 1.54) is 4.88 Å². The minimum absolute atomic E-state index is 0.0263. The number of benzene rings is 1. The first-order chi connectivity index (χ1) is 15.1. The van der Waals surface area contributed by atoms with E-state index >= 15 is 0 Å². The maximum atomic E-state index is 12.6. The molecular formula is C24H30N2O4S. The number of ether oxygens (including phenoxy) is 2. The zero-order valence-electron chi connectivity index (χ0n) is 17.7. The first-order valence-electron chi connectivity index (χ1n) is 11.1. The lowest BCUT2D eigenvalue weighted by Gasteiger charge is -2.35. The van der Waals surface area contributed by atoms with Gasteiger partial charge in [0.15, 0.2) is 5.79 Å². The number of anilines is 1. The highest BCUT2D eigenvalue weighted by molar-refractivity contribution is 7.09. The van der Waals surface area contributed by atoms with Gasteiger partial charge in [-0.3, -0.25) is 9.59 Å². The summed E-state index contributed by atoms with van der Waals surface area (Å²) in [6.07, 6.45) is 5.94. The number of amides is 2. The van der Waals surface area contributed by atoms with Crippen LogP contribution in [-0.4, -0.2) is 37.4 Å². The molecule has 2 N–H and O–H groups in total. The number of carbonyl (C=O) groups excluding carboxylic acids is 2. The first kappa shape index (κ1) is 22.0. The van der Waals surface area contributed by atoms with Crippen LogP contribution in [0, 0.1) is 5.92 Å². The van der Waals surface area contributed by atoms with Crippen molar-refractivity contribution in [3.05, 3.63) is 52.2 Å². The zero-order chi connectivity index (χ0) is 21.5. The Labute approximate surface area is 187 Å². The van der Waals surface area contributed by atoms with Crippen molar-refractivity contribution in [1.29, 1.82) is 0 Å². The van der Waals surface area contributed by atoms with Crippen LogP contribution < -0.4 is 10.6 Å². The summed E-state index contributed by atoms with van der Waals surface area (Å²) in [4.78, 5) is 26.1. The van der Waals surface area contributed by atoms with Gasteiger partial charge in [-0.25, -0.2) is 0 Å². The maximum Gasteiger partial charge on any atom is 0.251 e. The second-order valence-electron chi connectivity index (χ2n) is 8.32. The SMILES string of the molecule is O=C(CCCc1cccs1)Nc1cccc(C(=O)NCC2CCC3(CC2)OCCO3)c1. The molecule has 1 aliphatic heterocycles. The molecule has 166 valence electrons. The first-order valence-corrected chi connectivity index (χ1v) is 12.0. The molecule has 2 aromatic rings. The van der Waals surface area contributed by atoms with Crippen LogP contribution in [0.25, 0.3) is 0 Å². The lowest BCUT2D eigenvalue weighted by Crippen LogP contribution is -2.38. The third-order valence-corrected chi connectivity index (χ3v) is 6.98. The van der Waals surface area contributed by atoms with Crippen LogP contribution in [0.5, 0.6) is 0 Å². The molecule has 1 aromatic carbocycles. The summed E-state index contributed by atoms with van der Waals surface area (Å²) >= 11 is 1.71. The molecule has 7 heteroatoms. The second-order valence-corrected chi connectivity index (χ2v) is 9.36. The predicted octanol–water partition coefficient (Wildman–Crippen LogP) is 4.37. The Morgan fingerprint density at radius 2 is 1.90 bits per heavy atom. The van der Waals surface area contributed by atoms with Crippen molar-refractivity contribution >= 4 is 28.8 Å². The van der Waals surface area contributed by atoms with E-state index in [4.69, 9.17) is 9.47 Å².